The van der Waals surface area contributed by atoms with Crippen molar-refractivity contribution in [1.29, 1.82) is 0 Å². The highest BCUT2D eigenvalue weighted by Gasteiger charge is 2.53. The standard InChI is InChI=1S/C19H17N3O5/c23-15-13(9-11-10-21-17-12(11)3-1-6-20-17)26-16(14(15)18(24)25)19-4-2-7-22(27-19)8-5-19/h1,3,6,9-10H,2,4-5,7-8H2,(H,20,21)(H,24,25)/b13-9-. The number of pyridine rings is 1. The Balaban J connectivity index is 1.57. The Morgan fingerprint density at radius 3 is 3.11 bits per heavy atom. The number of nitrogens with one attached hydrogen (secondary N) is 1. The lowest BCUT2D eigenvalue weighted by Crippen LogP contribution is -2.39. The first kappa shape index (κ1) is 16.2. The molecule has 2 N–H and O–H groups in total. The lowest BCUT2D eigenvalue weighted by atomic mass is 9.90. The summed E-state index contributed by atoms with van der Waals surface area (Å²) < 4.78 is 5.85. The minimum Gasteiger partial charge on any atom is -0.477 e. The first-order valence-electron chi connectivity index (χ1n) is 8.86. The smallest absolute Gasteiger partial charge is 0.343 e. The number of carbonyl (C=O) groups excluding carboxylic acids is 1. The summed E-state index contributed by atoms with van der Waals surface area (Å²) in [5.74, 6) is -1.79. The zero-order valence-corrected chi connectivity index (χ0v) is 14.4. The molecule has 2 saturated heterocycles. The molecule has 3 aliphatic heterocycles. The summed E-state index contributed by atoms with van der Waals surface area (Å²) in [4.78, 5) is 37.8. The highest BCUT2D eigenvalue weighted by atomic mass is 16.7. The highest BCUT2D eigenvalue weighted by molar-refractivity contribution is 6.26. The second-order valence-corrected chi connectivity index (χ2v) is 6.96. The van der Waals surface area contributed by atoms with Gasteiger partial charge < -0.3 is 14.8 Å². The molecule has 0 spiro atoms. The summed E-state index contributed by atoms with van der Waals surface area (Å²) in [5.41, 5.74) is 0.200. The molecule has 8 nitrogen and oxygen atoms in total. The third-order valence-electron chi connectivity index (χ3n) is 5.34. The van der Waals surface area contributed by atoms with Crippen LogP contribution in [0.3, 0.4) is 0 Å². The molecule has 0 radical (unpaired) electrons. The van der Waals surface area contributed by atoms with Crippen LogP contribution < -0.4 is 0 Å². The van der Waals surface area contributed by atoms with Crippen LogP contribution in [0.5, 0.6) is 0 Å². The number of hydrogen-bond acceptors (Lipinski definition) is 6. The summed E-state index contributed by atoms with van der Waals surface area (Å²) in [5, 5.41) is 12.3. The molecular formula is C19H17N3O5. The zero-order chi connectivity index (χ0) is 18.6. The van der Waals surface area contributed by atoms with Crippen molar-refractivity contribution in [3.05, 3.63) is 47.2 Å². The van der Waals surface area contributed by atoms with Crippen LogP contribution in [0.15, 0.2) is 41.6 Å². The summed E-state index contributed by atoms with van der Waals surface area (Å²) in [7, 11) is 0. The van der Waals surface area contributed by atoms with Crippen molar-refractivity contribution in [2.75, 3.05) is 13.1 Å². The Morgan fingerprint density at radius 2 is 2.26 bits per heavy atom. The second-order valence-electron chi connectivity index (χ2n) is 6.96. The SMILES string of the molecule is O=C(O)C1=C(C23CCCN(CC2)O3)O/C(=C\c2c[nH]c3ncccc23)C1=O. The van der Waals surface area contributed by atoms with Crippen molar-refractivity contribution in [3.63, 3.8) is 0 Å². The van der Waals surface area contributed by atoms with Gasteiger partial charge in [-0.15, -0.1) is 0 Å². The predicted molar refractivity (Wildman–Crippen MR) is 94.1 cm³/mol. The van der Waals surface area contributed by atoms with Crippen LogP contribution in [0, 0.1) is 0 Å². The maximum absolute atomic E-state index is 12.8. The number of nitrogens with zero attached hydrogens (tertiary/aromatic N) is 2. The third-order valence-corrected chi connectivity index (χ3v) is 5.34. The third kappa shape index (κ3) is 2.41. The molecule has 2 atom stereocenters. The van der Waals surface area contributed by atoms with Crippen LogP contribution in [0.2, 0.25) is 0 Å². The quantitative estimate of drug-likeness (QED) is 0.631. The summed E-state index contributed by atoms with van der Waals surface area (Å²) in [6.07, 6.45) is 7.04. The minimum absolute atomic E-state index is 0.00542. The summed E-state index contributed by atoms with van der Waals surface area (Å²) >= 11 is 0. The van der Waals surface area contributed by atoms with Crippen molar-refractivity contribution >= 4 is 28.9 Å². The molecule has 27 heavy (non-hydrogen) atoms. The number of hydroxylamine groups is 2. The fourth-order valence-electron chi connectivity index (χ4n) is 4.06. The molecule has 0 aromatic carbocycles. The van der Waals surface area contributed by atoms with E-state index in [9.17, 15) is 14.7 Å². The maximum Gasteiger partial charge on any atom is 0.343 e. The number of ketones is 1. The minimum atomic E-state index is -1.29. The van der Waals surface area contributed by atoms with Crippen molar-refractivity contribution in [2.45, 2.75) is 24.9 Å². The molecule has 2 bridgehead atoms. The van der Waals surface area contributed by atoms with Crippen LogP contribution in [0.4, 0.5) is 0 Å². The topological polar surface area (TPSA) is 105 Å². The highest BCUT2D eigenvalue weighted by Crippen LogP contribution is 2.46. The molecule has 5 heterocycles. The lowest BCUT2D eigenvalue weighted by molar-refractivity contribution is -0.214. The van der Waals surface area contributed by atoms with Gasteiger partial charge in [0.05, 0.1) is 0 Å². The molecule has 2 unspecified atom stereocenters. The number of Topliss-reactive ketones (excluding diaryl/α,β-unsaturated/α-hetero) is 1. The molecule has 138 valence electrons. The van der Waals surface area contributed by atoms with Gasteiger partial charge in [0.25, 0.3) is 0 Å². The van der Waals surface area contributed by atoms with Crippen LogP contribution in [-0.2, 0) is 19.2 Å². The van der Waals surface area contributed by atoms with E-state index in [1.807, 2.05) is 11.1 Å². The van der Waals surface area contributed by atoms with Crippen LogP contribution in [0.1, 0.15) is 24.8 Å². The van der Waals surface area contributed by atoms with Gasteiger partial charge in [-0.1, -0.05) is 0 Å². The van der Waals surface area contributed by atoms with Gasteiger partial charge in [-0.05, 0) is 31.1 Å². The molecular weight excluding hydrogens is 350 g/mol. The molecule has 0 amide bonds. The molecule has 3 aliphatic rings. The van der Waals surface area contributed by atoms with E-state index in [1.54, 1.807) is 24.5 Å². The average Bonchev–Trinajstić information content (AvgIpc) is 3.31. The molecule has 2 aromatic rings. The number of aliphatic carboxylic acids is 1. The number of aromatic nitrogens is 2. The predicted octanol–water partition coefficient (Wildman–Crippen LogP) is 2.01. The first-order valence-corrected chi connectivity index (χ1v) is 8.86. The monoisotopic (exact) mass is 367 g/mol. The molecule has 5 rings (SSSR count). The maximum atomic E-state index is 12.8. The van der Waals surface area contributed by atoms with Gasteiger partial charge in [0.1, 0.15) is 11.2 Å². The number of carbonyl (C=O) groups is 2. The Morgan fingerprint density at radius 1 is 1.37 bits per heavy atom. The Bertz CT molecular complexity index is 1030. The van der Waals surface area contributed by atoms with Crippen LogP contribution >= 0.6 is 0 Å². The number of H-pyrrole nitrogens is 1. The van der Waals surface area contributed by atoms with Gasteiger partial charge in [0.2, 0.25) is 5.78 Å². The average molecular weight is 367 g/mol. The van der Waals surface area contributed by atoms with E-state index in [1.165, 1.54) is 0 Å². The number of ether oxygens (including phenoxy) is 1. The Kier molecular flexibility index (Phi) is 3.46. The zero-order valence-electron chi connectivity index (χ0n) is 14.4. The fourth-order valence-corrected chi connectivity index (χ4v) is 4.06. The fraction of sp³-hybridized carbons (Fsp3) is 0.316. The summed E-state index contributed by atoms with van der Waals surface area (Å²) in [6, 6.07) is 3.67. The van der Waals surface area contributed by atoms with E-state index < -0.39 is 17.4 Å². The van der Waals surface area contributed by atoms with Crippen molar-refractivity contribution < 1.29 is 24.3 Å². The van der Waals surface area contributed by atoms with Crippen molar-refractivity contribution in [3.8, 4) is 0 Å². The Hall–Kier alpha value is -2.97. The number of aromatic amines is 1. The first-order chi connectivity index (χ1) is 13.1. The number of carboxylic acid groups (broad SMARTS) is 1. The number of hydrogen-bond donors (Lipinski definition) is 2. The van der Waals surface area contributed by atoms with E-state index in [-0.39, 0.29) is 17.1 Å². The van der Waals surface area contributed by atoms with E-state index in [4.69, 9.17) is 9.57 Å². The molecule has 2 fully saturated rings. The van der Waals surface area contributed by atoms with Gasteiger partial charge in [0.15, 0.2) is 17.1 Å². The van der Waals surface area contributed by atoms with Crippen LogP contribution in [-0.4, -0.2) is 50.6 Å². The number of fused-ring (bicyclic) bond motifs is 3. The summed E-state index contributed by atoms with van der Waals surface area (Å²) in [6.45, 7) is 1.50. The number of carboxylic acids is 1. The van der Waals surface area contributed by atoms with E-state index >= 15 is 0 Å². The normalized spacial score (nSPS) is 29.0. The molecule has 2 aromatic heterocycles. The van der Waals surface area contributed by atoms with Crippen molar-refractivity contribution in [1.82, 2.24) is 15.0 Å². The van der Waals surface area contributed by atoms with Gasteiger partial charge in [-0.2, -0.15) is 5.06 Å². The van der Waals surface area contributed by atoms with Gasteiger partial charge in [-0.25, -0.2) is 9.78 Å². The van der Waals surface area contributed by atoms with Crippen LogP contribution in [0.25, 0.3) is 17.1 Å². The Labute approximate surface area is 154 Å². The van der Waals surface area contributed by atoms with E-state index in [2.05, 4.69) is 9.97 Å². The van der Waals surface area contributed by atoms with E-state index in [0.717, 1.165) is 18.4 Å². The van der Waals surface area contributed by atoms with Crippen molar-refractivity contribution in [2.24, 2.45) is 0 Å². The largest absolute Gasteiger partial charge is 0.477 e. The van der Waals surface area contributed by atoms with Gasteiger partial charge in [-0.3, -0.25) is 9.63 Å². The molecule has 8 heteroatoms. The van der Waals surface area contributed by atoms with E-state index in [0.29, 0.717) is 30.6 Å². The molecule has 0 aliphatic carbocycles. The second kappa shape index (κ2) is 5.77. The number of rotatable bonds is 3. The molecule has 0 saturated carbocycles. The van der Waals surface area contributed by atoms with Gasteiger partial charge in [0, 0.05) is 42.9 Å². The van der Waals surface area contributed by atoms with Gasteiger partial charge >= 0.3 is 5.97 Å². The lowest BCUT2D eigenvalue weighted by Gasteiger charge is -2.33. The number of allylic oxidation sites excluding steroid dienone is 1.